The monoisotopic (exact) mass is 428 g/mol. The zero-order valence-electron chi connectivity index (χ0n) is 17.4. The van der Waals surface area contributed by atoms with Crippen molar-refractivity contribution in [2.75, 3.05) is 70.3 Å². The van der Waals surface area contributed by atoms with Gasteiger partial charge < -0.3 is 15.5 Å². The van der Waals surface area contributed by atoms with E-state index in [1.807, 2.05) is 13.0 Å². The van der Waals surface area contributed by atoms with Gasteiger partial charge in [-0.25, -0.2) is 9.97 Å². The van der Waals surface area contributed by atoms with E-state index in [9.17, 15) is 13.2 Å². The number of aliphatic imine (C=N–C) groups is 1. The lowest BCUT2D eigenvalue weighted by atomic mass is 10.3. The fourth-order valence-corrected chi connectivity index (χ4v) is 3.79. The second-order valence-corrected chi connectivity index (χ2v) is 7.62. The number of piperazine rings is 1. The Hall–Kier alpha value is -2.14. The van der Waals surface area contributed by atoms with Crippen LogP contribution in [0, 0.1) is 0 Å². The Morgan fingerprint density at radius 3 is 2.53 bits per heavy atom. The molecule has 0 amide bonds. The molecule has 1 unspecified atom stereocenters. The Morgan fingerprint density at radius 1 is 1.13 bits per heavy atom. The highest BCUT2D eigenvalue weighted by atomic mass is 19.4. The van der Waals surface area contributed by atoms with Crippen LogP contribution < -0.4 is 15.5 Å². The van der Waals surface area contributed by atoms with E-state index < -0.39 is 12.7 Å². The topological polar surface area (TPSA) is 71.9 Å². The number of guanidine groups is 1. The van der Waals surface area contributed by atoms with Crippen molar-refractivity contribution >= 4 is 11.9 Å². The Bertz CT molecular complexity index is 661. The fraction of sp³-hybridized carbons (Fsp3) is 0.737. The van der Waals surface area contributed by atoms with Crippen LogP contribution >= 0.6 is 0 Å². The molecule has 0 spiro atoms. The van der Waals surface area contributed by atoms with Crippen LogP contribution in [0.1, 0.15) is 13.3 Å². The molecule has 1 aromatic heterocycles. The van der Waals surface area contributed by atoms with Gasteiger partial charge in [0.1, 0.15) is 0 Å². The molecular weight excluding hydrogens is 397 g/mol. The van der Waals surface area contributed by atoms with E-state index in [4.69, 9.17) is 0 Å². The van der Waals surface area contributed by atoms with E-state index in [0.717, 1.165) is 38.7 Å². The van der Waals surface area contributed by atoms with Gasteiger partial charge in [0.25, 0.3) is 0 Å². The number of nitrogens with zero attached hydrogens (tertiary/aromatic N) is 6. The van der Waals surface area contributed by atoms with Gasteiger partial charge in [-0.3, -0.25) is 14.8 Å². The number of aromatic nitrogens is 2. The second-order valence-electron chi connectivity index (χ2n) is 7.62. The third-order valence-corrected chi connectivity index (χ3v) is 5.25. The summed E-state index contributed by atoms with van der Waals surface area (Å²) in [5.41, 5.74) is 0. The predicted molar refractivity (Wildman–Crippen MR) is 111 cm³/mol. The van der Waals surface area contributed by atoms with Crippen molar-refractivity contribution in [3.8, 4) is 0 Å². The van der Waals surface area contributed by atoms with Gasteiger partial charge in [-0.15, -0.1) is 0 Å². The summed E-state index contributed by atoms with van der Waals surface area (Å²) in [6.45, 7) is 7.75. The molecule has 8 nitrogen and oxygen atoms in total. The van der Waals surface area contributed by atoms with Crippen LogP contribution in [-0.2, 0) is 0 Å². The van der Waals surface area contributed by atoms with Gasteiger partial charge in [0.2, 0.25) is 5.95 Å². The fourth-order valence-electron chi connectivity index (χ4n) is 3.79. The molecule has 0 radical (unpaired) electrons. The van der Waals surface area contributed by atoms with Crippen molar-refractivity contribution in [2.45, 2.75) is 25.6 Å². The number of likely N-dealkylation sites (tertiary alicyclic amines) is 1. The molecule has 3 rings (SSSR count). The predicted octanol–water partition coefficient (Wildman–Crippen LogP) is 0.790. The van der Waals surface area contributed by atoms with Crippen molar-refractivity contribution < 1.29 is 13.2 Å². The van der Waals surface area contributed by atoms with Crippen LogP contribution in [0.4, 0.5) is 19.1 Å². The summed E-state index contributed by atoms with van der Waals surface area (Å²) in [6.07, 6.45) is 0.0465. The average Bonchev–Trinajstić information content (AvgIpc) is 3.14. The summed E-state index contributed by atoms with van der Waals surface area (Å²) < 4.78 is 37.7. The summed E-state index contributed by atoms with van der Waals surface area (Å²) in [6, 6.07) is 1.80. The Labute approximate surface area is 175 Å². The molecule has 2 fully saturated rings. The summed E-state index contributed by atoms with van der Waals surface area (Å²) >= 11 is 0. The number of anilines is 1. The van der Waals surface area contributed by atoms with E-state index in [1.165, 1.54) is 4.90 Å². The smallest absolute Gasteiger partial charge is 0.357 e. The van der Waals surface area contributed by atoms with Crippen molar-refractivity contribution in [3.63, 3.8) is 0 Å². The van der Waals surface area contributed by atoms with E-state index in [-0.39, 0.29) is 6.04 Å². The lowest BCUT2D eigenvalue weighted by molar-refractivity contribution is -0.143. The van der Waals surface area contributed by atoms with Gasteiger partial charge in [0.05, 0.1) is 13.1 Å². The van der Waals surface area contributed by atoms with Gasteiger partial charge in [-0.2, -0.15) is 13.2 Å². The van der Waals surface area contributed by atoms with Gasteiger partial charge in [-0.1, -0.05) is 0 Å². The molecule has 1 aromatic rings. The lowest BCUT2D eigenvalue weighted by Gasteiger charge is -2.34. The Balaban J connectivity index is 1.40. The van der Waals surface area contributed by atoms with E-state index >= 15 is 0 Å². The highest BCUT2D eigenvalue weighted by molar-refractivity contribution is 5.80. The van der Waals surface area contributed by atoms with Gasteiger partial charge in [0.15, 0.2) is 5.96 Å². The number of hydrogen-bond donors (Lipinski definition) is 2. The Morgan fingerprint density at radius 2 is 1.87 bits per heavy atom. The zero-order chi connectivity index (χ0) is 21.4. The Kier molecular flexibility index (Phi) is 8.08. The maximum atomic E-state index is 12.6. The molecule has 11 heteroatoms. The molecule has 3 heterocycles. The first kappa shape index (κ1) is 22.5. The first-order valence-corrected chi connectivity index (χ1v) is 10.5. The summed E-state index contributed by atoms with van der Waals surface area (Å²) in [4.78, 5) is 19.2. The lowest BCUT2D eigenvalue weighted by Crippen LogP contribution is -2.48. The van der Waals surface area contributed by atoms with Gasteiger partial charge in [-0.05, 0) is 19.4 Å². The van der Waals surface area contributed by atoms with E-state index in [1.54, 1.807) is 12.4 Å². The maximum absolute atomic E-state index is 12.6. The van der Waals surface area contributed by atoms with Crippen LogP contribution in [0.15, 0.2) is 23.5 Å². The van der Waals surface area contributed by atoms with Crippen molar-refractivity contribution in [2.24, 2.45) is 4.99 Å². The highest BCUT2D eigenvalue weighted by Crippen LogP contribution is 2.19. The summed E-state index contributed by atoms with van der Waals surface area (Å²) in [5, 5.41) is 6.48. The first-order valence-electron chi connectivity index (χ1n) is 10.5. The largest absolute Gasteiger partial charge is 0.401 e. The molecule has 30 heavy (non-hydrogen) atoms. The molecule has 2 N–H and O–H groups in total. The van der Waals surface area contributed by atoms with Crippen LogP contribution in [0.5, 0.6) is 0 Å². The van der Waals surface area contributed by atoms with E-state index in [2.05, 4.69) is 35.4 Å². The number of rotatable bonds is 7. The molecule has 2 aliphatic rings. The van der Waals surface area contributed by atoms with Crippen LogP contribution in [0.3, 0.4) is 0 Å². The maximum Gasteiger partial charge on any atom is 0.401 e. The number of hydrogen-bond acceptors (Lipinski definition) is 6. The molecule has 0 bridgehead atoms. The van der Waals surface area contributed by atoms with Crippen molar-refractivity contribution in [1.29, 1.82) is 0 Å². The van der Waals surface area contributed by atoms with E-state index in [0.29, 0.717) is 38.6 Å². The molecule has 168 valence electrons. The second kappa shape index (κ2) is 10.8. The molecule has 2 aliphatic heterocycles. The third-order valence-electron chi connectivity index (χ3n) is 5.25. The summed E-state index contributed by atoms with van der Waals surface area (Å²) in [5.74, 6) is 1.44. The molecule has 0 saturated carbocycles. The first-order chi connectivity index (χ1) is 14.4. The van der Waals surface area contributed by atoms with Crippen molar-refractivity contribution in [1.82, 2.24) is 30.4 Å². The minimum Gasteiger partial charge on any atom is -0.357 e. The molecule has 0 aromatic carbocycles. The molecular formula is C19H31F3N8. The minimum absolute atomic E-state index is 0.0143. The SMILES string of the molecule is CCNC(=NCCN1CCN(c2ncccn2)CC1)NC1CCN(CC(F)(F)F)C1. The highest BCUT2D eigenvalue weighted by Gasteiger charge is 2.34. The standard InChI is InChI=1S/C19H31F3N8/c1-2-23-17(27-16-4-8-29(14-16)15-19(20,21)22)24-7-9-28-10-12-30(13-11-28)18-25-5-3-6-26-18/h3,5-6,16H,2,4,7-15H2,1H3,(H2,23,24,27). The van der Waals surface area contributed by atoms with Crippen molar-refractivity contribution in [3.05, 3.63) is 18.5 Å². The normalized spacial score (nSPS) is 21.8. The minimum atomic E-state index is -4.15. The quantitative estimate of drug-likeness (QED) is 0.492. The number of nitrogens with one attached hydrogen (secondary N) is 2. The van der Waals surface area contributed by atoms with Crippen LogP contribution in [-0.4, -0.2) is 103 Å². The summed E-state index contributed by atoms with van der Waals surface area (Å²) in [7, 11) is 0. The molecule has 0 aliphatic carbocycles. The number of alkyl halides is 3. The zero-order valence-corrected chi connectivity index (χ0v) is 17.4. The van der Waals surface area contributed by atoms with Crippen LogP contribution in [0.2, 0.25) is 0 Å². The van der Waals surface area contributed by atoms with Gasteiger partial charge >= 0.3 is 6.18 Å². The third kappa shape index (κ3) is 7.28. The molecule has 1 atom stereocenters. The average molecular weight is 429 g/mol. The molecule has 2 saturated heterocycles. The number of halogens is 3. The van der Waals surface area contributed by atoms with Crippen LogP contribution in [0.25, 0.3) is 0 Å². The van der Waals surface area contributed by atoms with Gasteiger partial charge in [0, 0.05) is 70.8 Å².